The molecule has 1 N–H and O–H groups in total. The third-order valence-electron chi connectivity index (χ3n) is 4.55. The number of nitrogens with zero attached hydrogens (tertiary/aromatic N) is 1. The van der Waals surface area contributed by atoms with E-state index in [1.165, 1.54) is 0 Å². The number of hydrogen-bond donors (Lipinski definition) is 1. The van der Waals surface area contributed by atoms with Crippen LogP contribution in [0, 0.1) is 6.92 Å². The number of carbonyl (C=O) groups excluding carboxylic acids is 2. The van der Waals surface area contributed by atoms with Crippen LogP contribution in [0.5, 0.6) is 0 Å². The number of rotatable bonds is 6. The number of amides is 2. The molecule has 2 amide bonds. The predicted octanol–water partition coefficient (Wildman–Crippen LogP) is 4.40. The summed E-state index contributed by atoms with van der Waals surface area (Å²) < 4.78 is 5.81. The zero-order valence-corrected chi connectivity index (χ0v) is 15.9. The zero-order valence-electron chi connectivity index (χ0n) is 15.9. The molecule has 0 spiro atoms. The Morgan fingerprint density at radius 3 is 2.48 bits per heavy atom. The second-order valence-electron chi connectivity index (χ2n) is 6.49. The molecule has 3 rings (SSSR count). The van der Waals surface area contributed by atoms with Gasteiger partial charge in [0, 0.05) is 18.5 Å². The van der Waals surface area contributed by atoms with E-state index in [9.17, 15) is 9.59 Å². The third-order valence-corrected chi connectivity index (χ3v) is 4.55. The van der Waals surface area contributed by atoms with Crippen LogP contribution in [-0.2, 0) is 11.2 Å². The first-order valence-corrected chi connectivity index (χ1v) is 9.19. The van der Waals surface area contributed by atoms with Crippen molar-refractivity contribution < 1.29 is 14.0 Å². The Kier molecular flexibility index (Phi) is 5.60. The lowest BCUT2D eigenvalue weighted by atomic mass is 10.1. The fraction of sp³-hybridized carbons (Fsp3) is 0.273. The topological polar surface area (TPSA) is 62.6 Å². The summed E-state index contributed by atoms with van der Waals surface area (Å²) in [5.41, 5.74) is 3.06. The summed E-state index contributed by atoms with van der Waals surface area (Å²) in [6.45, 7) is 6.97. The average molecular weight is 364 g/mol. The summed E-state index contributed by atoms with van der Waals surface area (Å²) in [7, 11) is 0. The van der Waals surface area contributed by atoms with Gasteiger partial charge < -0.3 is 14.6 Å². The Bertz CT molecular complexity index is 971. The highest BCUT2D eigenvalue weighted by atomic mass is 16.3. The van der Waals surface area contributed by atoms with E-state index in [-0.39, 0.29) is 24.0 Å². The Morgan fingerprint density at radius 2 is 1.78 bits per heavy atom. The molecule has 0 saturated carbocycles. The van der Waals surface area contributed by atoms with Crippen molar-refractivity contribution in [2.24, 2.45) is 0 Å². The minimum absolute atomic E-state index is 0.178. The highest BCUT2D eigenvalue weighted by Crippen LogP contribution is 2.32. The molecule has 2 aromatic carbocycles. The molecule has 0 unspecified atom stereocenters. The van der Waals surface area contributed by atoms with Gasteiger partial charge in [-0.25, -0.2) is 0 Å². The van der Waals surface area contributed by atoms with E-state index in [0.29, 0.717) is 24.4 Å². The van der Waals surface area contributed by atoms with Gasteiger partial charge in [0.2, 0.25) is 11.7 Å². The lowest BCUT2D eigenvalue weighted by Crippen LogP contribution is -2.31. The third kappa shape index (κ3) is 4.03. The number of fused-ring (bicyclic) bond motifs is 1. The van der Waals surface area contributed by atoms with Gasteiger partial charge in [0.05, 0.1) is 6.42 Å². The standard InChI is InChI=1S/C22H24N2O3/c1-4-24(5-2)22(26)21-20(17-11-6-7-12-18(17)27-21)23-19(25)14-16-10-8-9-15(3)13-16/h6-13H,4-5,14H2,1-3H3,(H,23,25). The first-order chi connectivity index (χ1) is 13.0. The normalized spacial score (nSPS) is 10.8. The molecule has 0 aliphatic carbocycles. The van der Waals surface area contributed by atoms with Crippen molar-refractivity contribution in [3.8, 4) is 0 Å². The largest absolute Gasteiger partial charge is 0.449 e. The van der Waals surface area contributed by atoms with Crippen molar-refractivity contribution in [3.05, 3.63) is 65.4 Å². The molecule has 3 aromatic rings. The van der Waals surface area contributed by atoms with Gasteiger partial charge in [-0.1, -0.05) is 42.0 Å². The summed E-state index contributed by atoms with van der Waals surface area (Å²) in [5, 5.41) is 3.63. The number of furan rings is 1. The van der Waals surface area contributed by atoms with Crippen molar-refractivity contribution in [2.45, 2.75) is 27.2 Å². The van der Waals surface area contributed by atoms with Gasteiger partial charge in [0.15, 0.2) is 0 Å². The molecule has 0 aliphatic rings. The van der Waals surface area contributed by atoms with Crippen molar-refractivity contribution in [1.82, 2.24) is 4.90 Å². The molecule has 5 nitrogen and oxygen atoms in total. The predicted molar refractivity (Wildman–Crippen MR) is 107 cm³/mol. The molecule has 27 heavy (non-hydrogen) atoms. The van der Waals surface area contributed by atoms with Crippen LogP contribution in [0.4, 0.5) is 5.69 Å². The Labute approximate surface area is 159 Å². The number of carbonyl (C=O) groups is 2. The molecular formula is C22H24N2O3. The van der Waals surface area contributed by atoms with Crippen LogP contribution in [-0.4, -0.2) is 29.8 Å². The van der Waals surface area contributed by atoms with Gasteiger partial charge in [-0.05, 0) is 38.5 Å². The zero-order chi connectivity index (χ0) is 19.4. The molecule has 0 aliphatic heterocycles. The minimum Gasteiger partial charge on any atom is -0.449 e. The van der Waals surface area contributed by atoms with Crippen molar-refractivity contribution in [1.29, 1.82) is 0 Å². The maximum absolute atomic E-state index is 12.9. The van der Waals surface area contributed by atoms with E-state index >= 15 is 0 Å². The van der Waals surface area contributed by atoms with E-state index in [4.69, 9.17) is 4.42 Å². The van der Waals surface area contributed by atoms with E-state index in [1.807, 2.05) is 63.2 Å². The maximum atomic E-state index is 12.9. The molecule has 0 atom stereocenters. The van der Waals surface area contributed by atoms with Crippen LogP contribution in [0.25, 0.3) is 11.0 Å². The van der Waals surface area contributed by atoms with Gasteiger partial charge in [0.1, 0.15) is 11.3 Å². The fourth-order valence-electron chi connectivity index (χ4n) is 3.17. The number of para-hydroxylation sites is 1. The van der Waals surface area contributed by atoms with E-state index in [0.717, 1.165) is 16.5 Å². The van der Waals surface area contributed by atoms with E-state index < -0.39 is 0 Å². The molecule has 1 heterocycles. The highest BCUT2D eigenvalue weighted by molar-refractivity contribution is 6.11. The van der Waals surface area contributed by atoms with E-state index in [2.05, 4.69) is 5.32 Å². The number of nitrogens with one attached hydrogen (secondary N) is 1. The molecule has 0 bridgehead atoms. The second-order valence-corrected chi connectivity index (χ2v) is 6.49. The summed E-state index contributed by atoms with van der Waals surface area (Å²) >= 11 is 0. The molecular weight excluding hydrogens is 340 g/mol. The fourth-order valence-corrected chi connectivity index (χ4v) is 3.17. The van der Waals surface area contributed by atoms with Crippen LogP contribution in [0.15, 0.2) is 52.9 Å². The molecule has 140 valence electrons. The highest BCUT2D eigenvalue weighted by Gasteiger charge is 2.25. The Morgan fingerprint density at radius 1 is 1.04 bits per heavy atom. The lowest BCUT2D eigenvalue weighted by Gasteiger charge is -2.17. The molecule has 0 saturated heterocycles. The molecule has 1 aromatic heterocycles. The molecule has 0 radical (unpaired) electrons. The van der Waals surface area contributed by atoms with Crippen LogP contribution >= 0.6 is 0 Å². The number of aryl methyl sites for hydroxylation is 1. The van der Waals surface area contributed by atoms with Crippen molar-refractivity contribution in [2.75, 3.05) is 18.4 Å². The second kappa shape index (κ2) is 8.08. The number of benzene rings is 2. The number of anilines is 1. The smallest absolute Gasteiger partial charge is 0.291 e. The first kappa shape index (κ1) is 18.7. The summed E-state index contributed by atoms with van der Waals surface area (Å²) in [6.07, 6.45) is 0.236. The van der Waals surface area contributed by atoms with Crippen molar-refractivity contribution in [3.63, 3.8) is 0 Å². The van der Waals surface area contributed by atoms with Gasteiger partial charge in [-0.15, -0.1) is 0 Å². The lowest BCUT2D eigenvalue weighted by molar-refractivity contribution is -0.115. The molecule has 5 heteroatoms. The summed E-state index contributed by atoms with van der Waals surface area (Å²) in [6, 6.07) is 15.2. The van der Waals surface area contributed by atoms with Crippen LogP contribution in [0.2, 0.25) is 0 Å². The summed E-state index contributed by atoms with van der Waals surface area (Å²) in [4.78, 5) is 27.2. The SMILES string of the molecule is CCN(CC)C(=O)c1oc2ccccc2c1NC(=O)Cc1cccc(C)c1. The Hall–Kier alpha value is -3.08. The van der Waals surface area contributed by atoms with Crippen LogP contribution in [0.1, 0.15) is 35.5 Å². The quantitative estimate of drug-likeness (QED) is 0.705. The van der Waals surface area contributed by atoms with Gasteiger partial charge >= 0.3 is 0 Å². The minimum atomic E-state index is -0.220. The van der Waals surface area contributed by atoms with E-state index in [1.54, 1.807) is 11.0 Å². The molecule has 0 fully saturated rings. The average Bonchev–Trinajstić information content (AvgIpc) is 3.01. The van der Waals surface area contributed by atoms with Gasteiger partial charge in [0.25, 0.3) is 5.91 Å². The number of hydrogen-bond acceptors (Lipinski definition) is 3. The Balaban J connectivity index is 1.93. The monoisotopic (exact) mass is 364 g/mol. The van der Waals surface area contributed by atoms with Crippen LogP contribution < -0.4 is 5.32 Å². The first-order valence-electron chi connectivity index (χ1n) is 9.19. The van der Waals surface area contributed by atoms with Gasteiger partial charge in [-0.2, -0.15) is 0 Å². The van der Waals surface area contributed by atoms with Crippen LogP contribution in [0.3, 0.4) is 0 Å². The summed E-state index contributed by atoms with van der Waals surface area (Å²) in [5.74, 6) is -0.222. The van der Waals surface area contributed by atoms with Crippen molar-refractivity contribution >= 4 is 28.5 Å². The van der Waals surface area contributed by atoms with Gasteiger partial charge in [-0.3, -0.25) is 9.59 Å². The maximum Gasteiger partial charge on any atom is 0.291 e.